The predicted octanol–water partition coefficient (Wildman–Crippen LogP) is 1.61. The minimum Gasteiger partial charge on any atom is -0.477 e. The van der Waals surface area contributed by atoms with E-state index in [4.69, 9.17) is 10.8 Å². The third-order valence-corrected chi connectivity index (χ3v) is 1.80. The Morgan fingerprint density at radius 1 is 1.64 bits per heavy atom. The largest absolute Gasteiger partial charge is 0.477 e. The summed E-state index contributed by atoms with van der Waals surface area (Å²) in [5.74, 6) is -1.56. The lowest BCUT2D eigenvalue weighted by Gasteiger charge is -2.07. The predicted molar refractivity (Wildman–Crippen MR) is 45.3 cm³/mol. The Kier molecular flexibility index (Phi) is 2.64. The monoisotopic (exact) mass is 202 g/mol. The molecule has 4 nitrogen and oxygen atoms in total. The first-order valence-corrected chi connectivity index (χ1v) is 3.72. The molecule has 0 aromatic carbocycles. The Hall–Kier alpha value is -1.72. The molecule has 0 aliphatic heterocycles. The molecule has 0 spiro atoms. The maximum atomic E-state index is 12.4. The second-order valence-electron chi connectivity index (χ2n) is 2.71. The number of nitrogens with zero attached hydrogens (tertiary/aromatic N) is 1. The summed E-state index contributed by atoms with van der Waals surface area (Å²) in [4.78, 5) is 13.9. The Labute approximate surface area is 78.4 Å². The van der Waals surface area contributed by atoms with Crippen molar-refractivity contribution in [1.82, 2.24) is 4.98 Å². The highest BCUT2D eigenvalue weighted by molar-refractivity contribution is 5.86. The Morgan fingerprint density at radius 3 is 2.64 bits per heavy atom. The van der Waals surface area contributed by atoms with Gasteiger partial charge in [-0.2, -0.15) is 0 Å². The number of pyridine rings is 1. The van der Waals surface area contributed by atoms with Crippen molar-refractivity contribution in [1.29, 1.82) is 0 Å². The van der Waals surface area contributed by atoms with Gasteiger partial charge in [-0.15, -0.1) is 0 Å². The molecule has 0 aliphatic carbocycles. The minimum atomic E-state index is -2.75. The van der Waals surface area contributed by atoms with Crippen LogP contribution in [0.1, 0.15) is 28.0 Å². The second-order valence-corrected chi connectivity index (χ2v) is 2.71. The molecular formula is C8H8F2N2O2. The lowest BCUT2D eigenvalue weighted by Crippen LogP contribution is -2.07. The zero-order chi connectivity index (χ0) is 10.9. The summed E-state index contributed by atoms with van der Waals surface area (Å²) in [7, 11) is 0. The highest BCUT2D eigenvalue weighted by Gasteiger charge is 2.17. The van der Waals surface area contributed by atoms with Crippen molar-refractivity contribution in [2.24, 2.45) is 0 Å². The number of carboxylic acid groups (broad SMARTS) is 1. The van der Waals surface area contributed by atoms with Gasteiger partial charge >= 0.3 is 5.97 Å². The van der Waals surface area contributed by atoms with E-state index in [0.717, 1.165) is 6.07 Å². The topological polar surface area (TPSA) is 76.2 Å². The van der Waals surface area contributed by atoms with E-state index >= 15 is 0 Å². The van der Waals surface area contributed by atoms with Crippen molar-refractivity contribution in [2.75, 3.05) is 5.73 Å². The summed E-state index contributed by atoms with van der Waals surface area (Å²) in [6.45, 7) is 1.37. The first-order valence-electron chi connectivity index (χ1n) is 3.72. The van der Waals surface area contributed by atoms with Gasteiger partial charge in [0.25, 0.3) is 6.43 Å². The SMILES string of the molecule is Cc1c(C(F)F)cc(C(=O)O)nc1N. The average molecular weight is 202 g/mol. The molecule has 3 N–H and O–H groups in total. The first-order chi connectivity index (χ1) is 6.43. The van der Waals surface area contributed by atoms with E-state index in [2.05, 4.69) is 4.98 Å². The van der Waals surface area contributed by atoms with Gasteiger partial charge in [0.2, 0.25) is 0 Å². The van der Waals surface area contributed by atoms with Crippen LogP contribution in [0.4, 0.5) is 14.6 Å². The van der Waals surface area contributed by atoms with Crippen molar-refractivity contribution in [3.63, 3.8) is 0 Å². The van der Waals surface area contributed by atoms with Crippen molar-refractivity contribution < 1.29 is 18.7 Å². The third kappa shape index (κ3) is 1.78. The van der Waals surface area contributed by atoms with Gasteiger partial charge in [-0.05, 0) is 13.0 Å². The number of halogens is 2. The average Bonchev–Trinajstić information content (AvgIpc) is 2.08. The molecule has 0 radical (unpaired) electrons. The zero-order valence-electron chi connectivity index (χ0n) is 7.29. The van der Waals surface area contributed by atoms with Crippen LogP contribution in [0, 0.1) is 6.92 Å². The summed E-state index contributed by atoms with van der Waals surface area (Å²) in [5, 5.41) is 8.54. The number of nitrogens with two attached hydrogens (primary N) is 1. The van der Waals surface area contributed by atoms with Gasteiger partial charge in [-0.3, -0.25) is 0 Å². The highest BCUT2D eigenvalue weighted by atomic mass is 19.3. The Bertz CT molecular complexity index is 380. The molecular weight excluding hydrogens is 194 g/mol. The van der Waals surface area contributed by atoms with Crippen LogP contribution in [0.2, 0.25) is 0 Å². The van der Waals surface area contributed by atoms with E-state index in [0.29, 0.717) is 0 Å². The Balaban J connectivity index is 3.35. The zero-order valence-corrected chi connectivity index (χ0v) is 7.29. The van der Waals surface area contributed by atoms with Crippen LogP contribution in [0.5, 0.6) is 0 Å². The molecule has 1 heterocycles. The van der Waals surface area contributed by atoms with Gasteiger partial charge in [0.05, 0.1) is 0 Å². The molecule has 0 unspecified atom stereocenters. The number of carboxylic acids is 1. The van der Waals surface area contributed by atoms with Crippen LogP contribution in [0.25, 0.3) is 0 Å². The lowest BCUT2D eigenvalue weighted by atomic mass is 10.1. The molecule has 0 saturated heterocycles. The van der Waals surface area contributed by atoms with Crippen LogP contribution in [0.3, 0.4) is 0 Å². The molecule has 1 rings (SSSR count). The summed E-state index contributed by atoms with van der Waals surface area (Å²) >= 11 is 0. The molecule has 6 heteroatoms. The first kappa shape index (κ1) is 10.4. The van der Waals surface area contributed by atoms with Crippen molar-refractivity contribution >= 4 is 11.8 Å². The molecule has 0 saturated carbocycles. The minimum absolute atomic E-state index is 0.116. The van der Waals surface area contributed by atoms with E-state index < -0.39 is 23.7 Å². The molecule has 0 fully saturated rings. The van der Waals surface area contributed by atoms with Gasteiger partial charge in [0.1, 0.15) is 5.82 Å². The fourth-order valence-electron chi connectivity index (χ4n) is 0.986. The number of rotatable bonds is 2. The van der Waals surface area contributed by atoms with E-state index in [1.54, 1.807) is 0 Å². The van der Waals surface area contributed by atoms with Gasteiger partial charge in [0, 0.05) is 11.1 Å². The molecule has 1 aromatic heterocycles. The van der Waals surface area contributed by atoms with Gasteiger partial charge in [-0.25, -0.2) is 18.6 Å². The molecule has 0 amide bonds. The number of hydrogen-bond donors (Lipinski definition) is 2. The number of alkyl halides is 2. The third-order valence-electron chi connectivity index (χ3n) is 1.80. The summed E-state index contributed by atoms with van der Waals surface area (Å²) < 4.78 is 24.8. The number of aromatic nitrogens is 1. The van der Waals surface area contributed by atoms with E-state index in [1.165, 1.54) is 6.92 Å². The fraction of sp³-hybridized carbons (Fsp3) is 0.250. The molecule has 76 valence electrons. The van der Waals surface area contributed by atoms with Crippen LogP contribution in [-0.4, -0.2) is 16.1 Å². The van der Waals surface area contributed by atoms with Crippen LogP contribution in [-0.2, 0) is 0 Å². The summed E-state index contributed by atoms with van der Waals surface area (Å²) in [5.41, 5.74) is 4.54. The molecule has 14 heavy (non-hydrogen) atoms. The summed E-state index contributed by atoms with van der Waals surface area (Å²) in [6.07, 6.45) is -2.75. The fourth-order valence-corrected chi connectivity index (χ4v) is 0.986. The van der Waals surface area contributed by atoms with Crippen molar-refractivity contribution in [3.05, 3.63) is 22.9 Å². The van der Waals surface area contributed by atoms with Crippen molar-refractivity contribution in [2.45, 2.75) is 13.3 Å². The molecule has 0 bridgehead atoms. The molecule has 0 atom stereocenters. The number of nitrogen functional groups attached to an aromatic ring is 1. The van der Waals surface area contributed by atoms with Gasteiger partial charge in [-0.1, -0.05) is 0 Å². The lowest BCUT2D eigenvalue weighted by molar-refractivity contribution is 0.0690. The maximum Gasteiger partial charge on any atom is 0.354 e. The smallest absolute Gasteiger partial charge is 0.354 e. The molecule has 0 aliphatic rings. The Morgan fingerprint density at radius 2 is 2.21 bits per heavy atom. The maximum absolute atomic E-state index is 12.4. The van der Waals surface area contributed by atoms with E-state index in [9.17, 15) is 13.6 Å². The van der Waals surface area contributed by atoms with Gasteiger partial charge in [0.15, 0.2) is 5.69 Å². The number of hydrogen-bond acceptors (Lipinski definition) is 3. The number of aromatic carboxylic acids is 1. The van der Waals surface area contributed by atoms with E-state index in [1.807, 2.05) is 0 Å². The van der Waals surface area contributed by atoms with Crippen molar-refractivity contribution in [3.8, 4) is 0 Å². The van der Waals surface area contributed by atoms with E-state index in [-0.39, 0.29) is 11.4 Å². The van der Waals surface area contributed by atoms with Crippen LogP contribution < -0.4 is 5.73 Å². The van der Waals surface area contributed by atoms with Crippen LogP contribution >= 0.6 is 0 Å². The normalized spacial score (nSPS) is 10.6. The molecule has 1 aromatic rings. The summed E-state index contributed by atoms with van der Waals surface area (Å²) in [6, 6.07) is 0.832. The number of carbonyl (C=O) groups is 1. The standard InChI is InChI=1S/C8H8F2N2O2/c1-3-4(6(9)10)2-5(8(13)14)12-7(3)11/h2,6H,1H3,(H2,11,12)(H,13,14). The van der Waals surface area contributed by atoms with Crippen LogP contribution in [0.15, 0.2) is 6.07 Å². The quantitative estimate of drug-likeness (QED) is 0.763. The highest BCUT2D eigenvalue weighted by Crippen LogP contribution is 2.25. The second kappa shape index (κ2) is 3.57. The van der Waals surface area contributed by atoms with Gasteiger partial charge < -0.3 is 10.8 Å². The number of anilines is 1.